The summed E-state index contributed by atoms with van der Waals surface area (Å²) in [7, 11) is 0. The van der Waals surface area contributed by atoms with Gasteiger partial charge in [-0.05, 0) is 43.3 Å². The fourth-order valence-electron chi connectivity index (χ4n) is 4.41. The van der Waals surface area contributed by atoms with Gasteiger partial charge >= 0.3 is 0 Å². The molecule has 1 N–H and O–H groups in total. The molecule has 1 aliphatic heterocycles. The van der Waals surface area contributed by atoms with E-state index in [1.807, 2.05) is 43.0 Å². The van der Waals surface area contributed by atoms with E-state index in [0.717, 1.165) is 54.9 Å². The summed E-state index contributed by atoms with van der Waals surface area (Å²) in [6.45, 7) is 12.9. The van der Waals surface area contributed by atoms with Crippen LogP contribution in [0.1, 0.15) is 42.4 Å². The topological polar surface area (TPSA) is 57.6 Å². The summed E-state index contributed by atoms with van der Waals surface area (Å²) in [6, 6.07) is 16.3. The maximum absolute atomic E-state index is 13.6. The molecule has 0 saturated carbocycles. The van der Waals surface area contributed by atoms with Crippen LogP contribution in [0.5, 0.6) is 0 Å². The van der Waals surface area contributed by atoms with Gasteiger partial charge < -0.3 is 19.7 Å². The molecule has 0 spiro atoms. The van der Waals surface area contributed by atoms with Gasteiger partial charge in [0.25, 0.3) is 5.91 Å². The molecular formula is C27H34N4O2. The summed E-state index contributed by atoms with van der Waals surface area (Å²) in [5, 5.41) is 3.93. The van der Waals surface area contributed by atoms with Crippen LogP contribution in [0.25, 0.3) is 10.9 Å². The highest BCUT2D eigenvalue weighted by Crippen LogP contribution is 2.26. The quantitative estimate of drug-likeness (QED) is 0.612. The van der Waals surface area contributed by atoms with E-state index in [9.17, 15) is 9.59 Å². The molecule has 0 unspecified atom stereocenters. The fourth-order valence-corrected chi connectivity index (χ4v) is 4.41. The smallest absolute Gasteiger partial charge is 0.270 e. The first-order valence-corrected chi connectivity index (χ1v) is 11.9. The van der Waals surface area contributed by atoms with Crippen LogP contribution in [0.3, 0.4) is 0 Å². The highest BCUT2D eigenvalue weighted by atomic mass is 16.2. The molecule has 0 radical (unpaired) electrons. The third-order valence-corrected chi connectivity index (χ3v) is 6.44. The Balaban J connectivity index is 1.71. The van der Waals surface area contributed by atoms with Crippen molar-refractivity contribution in [2.75, 3.05) is 38.0 Å². The molecule has 0 atom stereocenters. The molecule has 0 bridgehead atoms. The van der Waals surface area contributed by atoms with Gasteiger partial charge in [-0.15, -0.1) is 0 Å². The van der Waals surface area contributed by atoms with Gasteiger partial charge in [-0.3, -0.25) is 9.59 Å². The second-order valence-electron chi connectivity index (χ2n) is 9.25. The molecule has 1 aromatic heterocycles. The molecule has 0 aliphatic carbocycles. The zero-order valence-electron chi connectivity index (χ0n) is 20.1. The third-order valence-electron chi connectivity index (χ3n) is 6.44. The largest absolute Gasteiger partial charge is 0.335 e. The number of aromatic nitrogens is 1. The minimum atomic E-state index is -0.0921. The molecule has 33 heavy (non-hydrogen) atoms. The number of nitrogens with zero attached hydrogens (tertiary/aromatic N) is 3. The zero-order valence-corrected chi connectivity index (χ0v) is 20.1. The number of benzene rings is 2. The Hall–Kier alpha value is -3.12. The van der Waals surface area contributed by atoms with Gasteiger partial charge in [-0.2, -0.15) is 0 Å². The van der Waals surface area contributed by atoms with Crippen molar-refractivity contribution in [3.8, 4) is 0 Å². The van der Waals surface area contributed by atoms with Gasteiger partial charge in [0.15, 0.2) is 0 Å². The van der Waals surface area contributed by atoms with Crippen LogP contribution in [0, 0.1) is 12.8 Å². The standard InChI is InChI=1S/C27H34N4O2/c1-5-29-11-13-30(14-12-29)27(33)25-17-22-16-23(28-26(32)19(2)3)9-10-24(22)31(25)18-21-8-6-7-20(4)15-21/h6-10,15-17,19H,5,11-14,18H2,1-4H3,(H,28,32). The predicted octanol–water partition coefficient (Wildman–Crippen LogP) is 4.37. The summed E-state index contributed by atoms with van der Waals surface area (Å²) in [4.78, 5) is 30.1. The fraction of sp³-hybridized carbons (Fsp3) is 0.407. The lowest BCUT2D eigenvalue weighted by Crippen LogP contribution is -2.48. The Kier molecular flexibility index (Phi) is 6.84. The summed E-state index contributed by atoms with van der Waals surface area (Å²) in [5.74, 6) is -0.0356. The first kappa shape index (κ1) is 23.1. The second-order valence-corrected chi connectivity index (χ2v) is 9.25. The van der Waals surface area contributed by atoms with Crippen molar-refractivity contribution in [3.63, 3.8) is 0 Å². The number of likely N-dealkylation sites (N-methyl/N-ethyl adjacent to an activating group) is 1. The van der Waals surface area contributed by atoms with Crippen molar-refractivity contribution in [1.29, 1.82) is 0 Å². The van der Waals surface area contributed by atoms with Gasteiger partial charge in [0.2, 0.25) is 5.91 Å². The highest BCUT2D eigenvalue weighted by molar-refractivity contribution is 6.01. The van der Waals surface area contributed by atoms with Crippen LogP contribution in [-0.2, 0) is 11.3 Å². The molecule has 6 nitrogen and oxygen atoms in total. The van der Waals surface area contributed by atoms with E-state index in [1.54, 1.807) is 0 Å². The number of carbonyl (C=O) groups excluding carboxylic acids is 2. The molecule has 2 amide bonds. The summed E-state index contributed by atoms with van der Waals surface area (Å²) >= 11 is 0. The number of carbonyl (C=O) groups is 2. The van der Waals surface area contributed by atoms with E-state index >= 15 is 0 Å². The van der Waals surface area contributed by atoms with Crippen LogP contribution in [0.2, 0.25) is 0 Å². The van der Waals surface area contributed by atoms with Crippen LogP contribution in [-0.4, -0.2) is 58.9 Å². The predicted molar refractivity (Wildman–Crippen MR) is 134 cm³/mol. The van der Waals surface area contributed by atoms with Crippen molar-refractivity contribution in [2.45, 2.75) is 34.2 Å². The first-order valence-electron chi connectivity index (χ1n) is 11.9. The molecule has 3 aromatic rings. The molecule has 2 heterocycles. The van der Waals surface area contributed by atoms with Gasteiger partial charge in [0.1, 0.15) is 5.69 Å². The lowest BCUT2D eigenvalue weighted by atomic mass is 10.1. The maximum atomic E-state index is 13.6. The minimum Gasteiger partial charge on any atom is -0.335 e. The number of piperazine rings is 1. The van der Waals surface area contributed by atoms with Crippen LogP contribution in [0.4, 0.5) is 5.69 Å². The van der Waals surface area contributed by atoms with E-state index in [0.29, 0.717) is 12.2 Å². The van der Waals surface area contributed by atoms with Crippen molar-refractivity contribution in [2.24, 2.45) is 5.92 Å². The number of anilines is 1. The van der Waals surface area contributed by atoms with E-state index in [-0.39, 0.29) is 17.7 Å². The average molecular weight is 447 g/mol. The third kappa shape index (κ3) is 5.11. The number of amides is 2. The lowest BCUT2D eigenvalue weighted by Gasteiger charge is -2.34. The van der Waals surface area contributed by atoms with Crippen LogP contribution in [0.15, 0.2) is 48.5 Å². The number of hydrogen-bond donors (Lipinski definition) is 1. The molecule has 174 valence electrons. The van der Waals surface area contributed by atoms with Crippen molar-refractivity contribution in [1.82, 2.24) is 14.4 Å². The molecule has 1 saturated heterocycles. The van der Waals surface area contributed by atoms with Gasteiger partial charge in [-0.1, -0.05) is 50.6 Å². The Morgan fingerprint density at radius 1 is 1.00 bits per heavy atom. The summed E-state index contributed by atoms with van der Waals surface area (Å²) < 4.78 is 2.12. The van der Waals surface area contributed by atoms with E-state index in [2.05, 4.69) is 52.9 Å². The monoisotopic (exact) mass is 446 g/mol. The summed E-state index contributed by atoms with van der Waals surface area (Å²) in [6.07, 6.45) is 0. The summed E-state index contributed by atoms with van der Waals surface area (Å²) in [5.41, 5.74) is 4.81. The van der Waals surface area contributed by atoms with E-state index < -0.39 is 0 Å². The second kappa shape index (κ2) is 9.79. The molecule has 6 heteroatoms. The number of aryl methyl sites for hydroxylation is 1. The average Bonchev–Trinajstić information content (AvgIpc) is 3.16. The molecule has 1 aliphatic rings. The van der Waals surface area contributed by atoms with Crippen molar-refractivity contribution in [3.05, 3.63) is 65.4 Å². The number of fused-ring (bicyclic) bond motifs is 1. The maximum Gasteiger partial charge on any atom is 0.270 e. The van der Waals surface area contributed by atoms with E-state index in [4.69, 9.17) is 0 Å². The Morgan fingerprint density at radius 3 is 2.42 bits per heavy atom. The molecule has 2 aromatic carbocycles. The Bertz CT molecular complexity index is 1160. The van der Waals surface area contributed by atoms with Gasteiger partial charge in [0.05, 0.1) is 0 Å². The molecule has 4 rings (SSSR count). The Labute approximate surface area is 196 Å². The molecular weight excluding hydrogens is 412 g/mol. The zero-order chi connectivity index (χ0) is 23.5. The number of hydrogen-bond acceptors (Lipinski definition) is 3. The van der Waals surface area contributed by atoms with Crippen molar-refractivity contribution < 1.29 is 9.59 Å². The van der Waals surface area contributed by atoms with Gasteiger partial charge in [0, 0.05) is 55.2 Å². The van der Waals surface area contributed by atoms with Gasteiger partial charge in [-0.25, -0.2) is 0 Å². The molecule has 1 fully saturated rings. The van der Waals surface area contributed by atoms with Crippen LogP contribution >= 0.6 is 0 Å². The normalized spacial score (nSPS) is 14.8. The number of rotatable bonds is 6. The van der Waals surface area contributed by atoms with Crippen molar-refractivity contribution >= 4 is 28.4 Å². The van der Waals surface area contributed by atoms with E-state index in [1.165, 1.54) is 5.56 Å². The minimum absolute atomic E-state index is 0.0151. The SMILES string of the molecule is CCN1CCN(C(=O)c2cc3cc(NC(=O)C(C)C)ccc3n2Cc2cccc(C)c2)CC1. The first-order chi connectivity index (χ1) is 15.9. The highest BCUT2D eigenvalue weighted by Gasteiger charge is 2.25. The van der Waals surface area contributed by atoms with Crippen LogP contribution < -0.4 is 5.32 Å². The Morgan fingerprint density at radius 2 is 1.76 bits per heavy atom. The lowest BCUT2D eigenvalue weighted by molar-refractivity contribution is -0.118. The number of nitrogens with one attached hydrogen (secondary N) is 1.